The van der Waals surface area contributed by atoms with Crippen LogP contribution in [0.2, 0.25) is 5.15 Å². The fraction of sp³-hybridized carbons (Fsp3) is 0.182. The number of fused-ring (bicyclic) bond motifs is 1. The highest BCUT2D eigenvalue weighted by atomic mass is 35.5. The number of aromatic nitrogens is 2. The van der Waals surface area contributed by atoms with Crippen LogP contribution in [0.5, 0.6) is 0 Å². The minimum absolute atomic E-state index is 0.138. The van der Waals surface area contributed by atoms with Gasteiger partial charge in [-0.3, -0.25) is 4.98 Å². The summed E-state index contributed by atoms with van der Waals surface area (Å²) in [6, 6.07) is 3.42. The molecule has 0 unspecified atom stereocenters. The second-order valence-electron chi connectivity index (χ2n) is 3.12. The first-order valence-corrected chi connectivity index (χ1v) is 5.17. The van der Waals surface area contributed by atoms with Gasteiger partial charge in [-0.05, 0) is 19.1 Å². The van der Waals surface area contributed by atoms with Crippen LogP contribution in [0.3, 0.4) is 0 Å². The number of hydrogen-bond donors (Lipinski definition) is 0. The van der Waals surface area contributed by atoms with Crippen molar-refractivity contribution in [2.45, 2.75) is 6.92 Å². The molecule has 0 aromatic carbocycles. The summed E-state index contributed by atoms with van der Waals surface area (Å²) in [7, 11) is 0. The van der Waals surface area contributed by atoms with Gasteiger partial charge in [0.15, 0.2) is 0 Å². The van der Waals surface area contributed by atoms with Crippen molar-refractivity contribution < 1.29 is 9.53 Å². The zero-order valence-corrected chi connectivity index (χ0v) is 9.36. The summed E-state index contributed by atoms with van der Waals surface area (Å²) in [5, 5.41) is 0.946. The molecule has 2 aromatic heterocycles. The summed E-state index contributed by atoms with van der Waals surface area (Å²) in [6.45, 7) is 2.05. The largest absolute Gasteiger partial charge is 0.462 e. The molecule has 0 N–H and O–H groups in total. The van der Waals surface area contributed by atoms with Crippen LogP contribution in [0.1, 0.15) is 17.3 Å². The van der Waals surface area contributed by atoms with Crippen LogP contribution in [0.4, 0.5) is 0 Å². The normalized spacial score (nSPS) is 10.4. The molecule has 0 aliphatic carbocycles. The Morgan fingerprint density at radius 3 is 3.12 bits per heavy atom. The molecule has 16 heavy (non-hydrogen) atoms. The Morgan fingerprint density at radius 2 is 2.38 bits per heavy atom. The van der Waals surface area contributed by atoms with E-state index in [4.69, 9.17) is 16.3 Å². The molecule has 0 amide bonds. The van der Waals surface area contributed by atoms with Crippen LogP contribution >= 0.6 is 11.6 Å². The summed E-state index contributed by atoms with van der Waals surface area (Å²) in [5.41, 5.74) is 0.933. The highest BCUT2D eigenvalue weighted by molar-refractivity contribution is 6.32. The first kappa shape index (κ1) is 10.8. The van der Waals surface area contributed by atoms with E-state index in [9.17, 15) is 4.79 Å². The first-order chi connectivity index (χ1) is 7.72. The third-order valence-electron chi connectivity index (χ3n) is 2.07. The van der Waals surface area contributed by atoms with Crippen molar-refractivity contribution in [3.63, 3.8) is 0 Å². The van der Waals surface area contributed by atoms with Gasteiger partial charge in [0.05, 0.1) is 23.9 Å². The van der Waals surface area contributed by atoms with Crippen molar-refractivity contribution in [2.24, 2.45) is 0 Å². The third-order valence-corrected chi connectivity index (χ3v) is 2.36. The summed E-state index contributed by atoms with van der Waals surface area (Å²) < 4.78 is 4.88. The first-order valence-electron chi connectivity index (χ1n) is 4.79. The SMILES string of the molecule is CCOC(=O)c1cc2ccncc2nc1Cl. The molecular weight excluding hydrogens is 228 g/mol. The Labute approximate surface area is 97.2 Å². The van der Waals surface area contributed by atoms with Crippen molar-refractivity contribution in [3.05, 3.63) is 35.2 Å². The van der Waals surface area contributed by atoms with Crippen molar-refractivity contribution in [3.8, 4) is 0 Å². The fourth-order valence-electron chi connectivity index (χ4n) is 1.35. The molecule has 0 saturated carbocycles. The van der Waals surface area contributed by atoms with Gasteiger partial charge in [-0.2, -0.15) is 0 Å². The zero-order chi connectivity index (χ0) is 11.5. The van der Waals surface area contributed by atoms with Crippen LogP contribution in [-0.4, -0.2) is 22.5 Å². The fourth-order valence-corrected chi connectivity index (χ4v) is 1.57. The molecule has 2 aromatic rings. The lowest BCUT2D eigenvalue weighted by Gasteiger charge is -2.04. The third kappa shape index (κ3) is 1.97. The van der Waals surface area contributed by atoms with E-state index in [1.807, 2.05) is 0 Å². The van der Waals surface area contributed by atoms with Gasteiger partial charge in [0, 0.05) is 11.6 Å². The number of carbonyl (C=O) groups excluding carboxylic acids is 1. The lowest BCUT2D eigenvalue weighted by molar-refractivity contribution is 0.0526. The van der Waals surface area contributed by atoms with Gasteiger partial charge in [-0.25, -0.2) is 9.78 Å². The van der Waals surface area contributed by atoms with Crippen molar-refractivity contribution >= 4 is 28.5 Å². The maximum absolute atomic E-state index is 11.5. The summed E-state index contributed by atoms with van der Waals surface area (Å²) >= 11 is 5.89. The predicted octanol–water partition coefficient (Wildman–Crippen LogP) is 2.46. The zero-order valence-electron chi connectivity index (χ0n) is 8.61. The highest BCUT2D eigenvalue weighted by Gasteiger charge is 2.13. The van der Waals surface area contributed by atoms with Crippen molar-refractivity contribution in [1.29, 1.82) is 0 Å². The summed E-state index contributed by atoms with van der Waals surface area (Å²) in [5.74, 6) is -0.460. The number of carbonyl (C=O) groups is 1. The van der Waals surface area contributed by atoms with Gasteiger partial charge in [0.2, 0.25) is 0 Å². The van der Waals surface area contributed by atoms with Gasteiger partial charge in [0.25, 0.3) is 0 Å². The number of nitrogens with zero attached hydrogens (tertiary/aromatic N) is 2. The van der Waals surface area contributed by atoms with E-state index >= 15 is 0 Å². The lowest BCUT2D eigenvalue weighted by atomic mass is 10.2. The quantitative estimate of drug-likeness (QED) is 0.594. The van der Waals surface area contributed by atoms with Gasteiger partial charge in [-0.1, -0.05) is 11.6 Å². The number of pyridine rings is 2. The molecule has 0 atom stereocenters. The number of esters is 1. The van der Waals surface area contributed by atoms with E-state index in [1.165, 1.54) is 0 Å². The van der Waals surface area contributed by atoms with Crippen LogP contribution < -0.4 is 0 Å². The van der Waals surface area contributed by atoms with Crippen LogP contribution in [0, 0.1) is 0 Å². The number of hydrogen-bond acceptors (Lipinski definition) is 4. The Kier molecular flexibility index (Phi) is 3.01. The van der Waals surface area contributed by atoms with E-state index in [2.05, 4.69) is 9.97 Å². The van der Waals surface area contributed by atoms with Gasteiger partial charge in [-0.15, -0.1) is 0 Å². The topological polar surface area (TPSA) is 52.1 Å². The second-order valence-corrected chi connectivity index (χ2v) is 3.47. The van der Waals surface area contributed by atoms with Crippen LogP contribution in [0.15, 0.2) is 24.5 Å². The molecule has 0 bridgehead atoms. The maximum atomic E-state index is 11.5. The minimum Gasteiger partial charge on any atom is -0.462 e. The van der Waals surface area contributed by atoms with Gasteiger partial charge >= 0.3 is 5.97 Å². The van der Waals surface area contributed by atoms with Gasteiger partial charge < -0.3 is 4.74 Å². The molecule has 5 heteroatoms. The van der Waals surface area contributed by atoms with E-state index in [1.54, 1.807) is 31.5 Å². The molecule has 4 nitrogen and oxygen atoms in total. The molecule has 0 aliphatic heterocycles. The molecule has 0 fully saturated rings. The lowest BCUT2D eigenvalue weighted by Crippen LogP contribution is -2.06. The average molecular weight is 237 g/mol. The van der Waals surface area contributed by atoms with Crippen LogP contribution in [0.25, 0.3) is 10.9 Å². The Balaban J connectivity index is 2.54. The van der Waals surface area contributed by atoms with E-state index in [-0.39, 0.29) is 10.7 Å². The van der Waals surface area contributed by atoms with E-state index in [0.29, 0.717) is 12.1 Å². The molecule has 0 spiro atoms. The number of ether oxygens (including phenoxy) is 1. The summed E-state index contributed by atoms with van der Waals surface area (Å²) in [4.78, 5) is 19.6. The molecular formula is C11H9ClN2O2. The molecule has 0 aliphatic rings. The second kappa shape index (κ2) is 4.45. The van der Waals surface area contributed by atoms with Gasteiger partial charge in [0.1, 0.15) is 5.15 Å². The molecule has 0 radical (unpaired) electrons. The monoisotopic (exact) mass is 236 g/mol. The Hall–Kier alpha value is -1.68. The highest BCUT2D eigenvalue weighted by Crippen LogP contribution is 2.20. The number of rotatable bonds is 2. The van der Waals surface area contributed by atoms with E-state index < -0.39 is 5.97 Å². The maximum Gasteiger partial charge on any atom is 0.341 e. The smallest absolute Gasteiger partial charge is 0.341 e. The standard InChI is InChI=1S/C11H9ClN2O2/c1-2-16-11(15)8-5-7-3-4-13-6-9(7)14-10(8)12/h3-6H,2H2,1H3. The predicted molar refractivity (Wildman–Crippen MR) is 60.5 cm³/mol. The van der Waals surface area contributed by atoms with E-state index in [0.717, 1.165) is 5.39 Å². The summed E-state index contributed by atoms with van der Waals surface area (Å²) in [6.07, 6.45) is 3.23. The number of halogens is 1. The molecule has 0 saturated heterocycles. The molecule has 82 valence electrons. The Bertz CT molecular complexity index is 542. The average Bonchev–Trinajstić information content (AvgIpc) is 2.28. The molecule has 2 heterocycles. The molecule has 2 rings (SSSR count). The minimum atomic E-state index is -0.460. The Morgan fingerprint density at radius 1 is 1.56 bits per heavy atom. The van der Waals surface area contributed by atoms with Crippen molar-refractivity contribution in [1.82, 2.24) is 9.97 Å². The van der Waals surface area contributed by atoms with Crippen LogP contribution in [-0.2, 0) is 4.74 Å². The van der Waals surface area contributed by atoms with Crippen molar-refractivity contribution in [2.75, 3.05) is 6.61 Å².